The van der Waals surface area contributed by atoms with Crippen LogP contribution in [-0.4, -0.2) is 24.8 Å². The Morgan fingerprint density at radius 3 is 2.24 bits per heavy atom. The van der Waals surface area contributed by atoms with Crippen LogP contribution < -0.4 is 10.6 Å². The van der Waals surface area contributed by atoms with Gasteiger partial charge < -0.3 is 15.4 Å². The number of ether oxygens (including phenoxy) is 1. The molecule has 21 heavy (non-hydrogen) atoms. The van der Waals surface area contributed by atoms with Gasteiger partial charge in [0.25, 0.3) is 0 Å². The zero-order valence-electron chi connectivity index (χ0n) is 12.2. The fourth-order valence-electron chi connectivity index (χ4n) is 1.52. The number of amides is 1. The third-order valence-electron chi connectivity index (χ3n) is 2.33. The summed E-state index contributed by atoms with van der Waals surface area (Å²) in [6, 6.07) is 3.96. The summed E-state index contributed by atoms with van der Waals surface area (Å²) in [5, 5.41) is 6.06. The third-order valence-corrected chi connectivity index (χ3v) is 4.04. The van der Waals surface area contributed by atoms with Gasteiger partial charge in [0.2, 0.25) is 0 Å². The van der Waals surface area contributed by atoms with E-state index in [1.807, 2.05) is 32.9 Å². The van der Waals surface area contributed by atoms with E-state index in [9.17, 15) is 4.79 Å². The predicted molar refractivity (Wildman–Crippen MR) is 96.9 cm³/mol. The van der Waals surface area contributed by atoms with E-state index in [2.05, 4.69) is 58.4 Å². The van der Waals surface area contributed by atoms with Gasteiger partial charge in [-0.3, -0.25) is 0 Å². The quantitative estimate of drug-likeness (QED) is 0.555. The van der Waals surface area contributed by atoms with Crippen LogP contribution in [-0.2, 0) is 4.74 Å². The summed E-state index contributed by atoms with van der Waals surface area (Å²) >= 11 is 10.5. The molecule has 1 aromatic rings. The molecule has 1 amide bonds. The SMILES string of the molecule is CC(C)(C)OC(=O)NCCCNc1c(Br)cc(Br)cc1Br. The lowest BCUT2D eigenvalue weighted by atomic mass is 10.2. The van der Waals surface area contributed by atoms with Gasteiger partial charge in [0.1, 0.15) is 5.60 Å². The van der Waals surface area contributed by atoms with Crippen LogP contribution in [0.2, 0.25) is 0 Å². The lowest BCUT2D eigenvalue weighted by Crippen LogP contribution is -2.33. The molecule has 0 aromatic heterocycles. The lowest BCUT2D eigenvalue weighted by molar-refractivity contribution is 0.0528. The zero-order valence-corrected chi connectivity index (χ0v) is 17.0. The van der Waals surface area contributed by atoms with E-state index in [0.29, 0.717) is 6.54 Å². The van der Waals surface area contributed by atoms with Gasteiger partial charge in [-0.2, -0.15) is 0 Å². The van der Waals surface area contributed by atoms with E-state index in [-0.39, 0.29) is 6.09 Å². The Morgan fingerprint density at radius 1 is 1.14 bits per heavy atom. The van der Waals surface area contributed by atoms with Crippen molar-refractivity contribution in [2.75, 3.05) is 18.4 Å². The van der Waals surface area contributed by atoms with Gasteiger partial charge in [0, 0.05) is 26.5 Å². The fraction of sp³-hybridized carbons (Fsp3) is 0.500. The second-order valence-corrected chi connectivity index (χ2v) is 8.08. The molecule has 0 bridgehead atoms. The van der Waals surface area contributed by atoms with Crippen molar-refractivity contribution in [3.05, 3.63) is 25.6 Å². The van der Waals surface area contributed by atoms with Crippen molar-refractivity contribution in [3.63, 3.8) is 0 Å². The molecular weight excluding hydrogens is 468 g/mol. The highest BCUT2D eigenvalue weighted by Gasteiger charge is 2.15. The number of carbonyl (C=O) groups is 1. The van der Waals surface area contributed by atoms with Crippen LogP contribution >= 0.6 is 47.8 Å². The summed E-state index contributed by atoms with van der Waals surface area (Å²) in [5.74, 6) is 0. The van der Waals surface area contributed by atoms with E-state index in [0.717, 1.165) is 32.1 Å². The minimum absolute atomic E-state index is 0.381. The summed E-state index contributed by atoms with van der Waals surface area (Å²) in [5.41, 5.74) is 0.533. The molecule has 0 saturated carbocycles. The minimum atomic E-state index is -0.463. The van der Waals surface area contributed by atoms with Gasteiger partial charge in [0.05, 0.1) is 5.69 Å². The zero-order chi connectivity index (χ0) is 16.0. The number of hydrogen-bond donors (Lipinski definition) is 2. The summed E-state index contributed by atoms with van der Waals surface area (Å²) in [6.45, 7) is 6.84. The Balaban J connectivity index is 2.31. The summed E-state index contributed by atoms with van der Waals surface area (Å²) < 4.78 is 8.11. The van der Waals surface area contributed by atoms with Crippen molar-refractivity contribution in [1.29, 1.82) is 0 Å². The van der Waals surface area contributed by atoms with E-state index in [4.69, 9.17) is 4.74 Å². The van der Waals surface area contributed by atoms with Crippen LogP contribution in [0.15, 0.2) is 25.6 Å². The van der Waals surface area contributed by atoms with Crippen molar-refractivity contribution in [2.24, 2.45) is 0 Å². The second-order valence-electron chi connectivity index (χ2n) is 5.45. The molecule has 1 rings (SSSR count). The number of benzene rings is 1. The molecule has 7 heteroatoms. The van der Waals surface area contributed by atoms with Crippen molar-refractivity contribution in [3.8, 4) is 0 Å². The van der Waals surface area contributed by atoms with Crippen LogP contribution in [0.25, 0.3) is 0 Å². The van der Waals surface area contributed by atoms with Gasteiger partial charge in [-0.1, -0.05) is 15.9 Å². The standard InChI is InChI=1S/C14H19Br3N2O2/c1-14(2,3)21-13(20)19-6-4-5-18-12-10(16)7-9(15)8-11(12)17/h7-8,18H,4-6H2,1-3H3,(H,19,20). The molecule has 0 atom stereocenters. The first-order valence-corrected chi connectivity index (χ1v) is 8.92. The molecule has 0 saturated heterocycles. The number of halogens is 3. The summed E-state index contributed by atoms with van der Waals surface area (Å²) in [6.07, 6.45) is 0.419. The molecule has 0 aliphatic carbocycles. The minimum Gasteiger partial charge on any atom is -0.444 e. The Kier molecular flexibility index (Phi) is 7.50. The maximum absolute atomic E-state index is 11.5. The van der Waals surface area contributed by atoms with Crippen molar-refractivity contribution in [2.45, 2.75) is 32.8 Å². The van der Waals surface area contributed by atoms with E-state index in [1.165, 1.54) is 0 Å². The Labute approximate surface area is 150 Å². The molecule has 0 spiro atoms. The first-order chi connectivity index (χ1) is 9.69. The van der Waals surface area contributed by atoms with Gasteiger partial charge in [-0.25, -0.2) is 4.79 Å². The Morgan fingerprint density at radius 2 is 1.71 bits per heavy atom. The topological polar surface area (TPSA) is 50.4 Å². The molecule has 0 unspecified atom stereocenters. The maximum Gasteiger partial charge on any atom is 0.407 e. The molecule has 4 nitrogen and oxygen atoms in total. The average molecular weight is 487 g/mol. The molecule has 0 fully saturated rings. The fourth-order valence-corrected chi connectivity index (χ4v) is 4.06. The highest BCUT2D eigenvalue weighted by Crippen LogP contribution is 2.34. The van der Waals surface area contributed by atoms with Gasteiger partial charge >= 0.3 is 6.09 Å². The molecule has 2 N–H and O–H groups in total. The third kappa shape index (κ3) is 7.51. The molecule has 0 aliphatic heterocycles. The highest BCUT2D eigenvalue weighted by atomic mass is 79.9. The van der Waals surface area contributed by atoms with E-state index < -0.39 is 5.60 Å². The summed E-state index contributed by atoms with van der Waals surface area (Å²) in [4.78, 5) is 11.5. The highest BCUT2D eigenvalue weighted by molar-refractivity contribution is 9.11. The largest absolute Gasteiger partial charge is 0.444 e. The molecule has 1 aromatic carbocycles. The number of alkyl carbamates (subject to hydrolysis) is 1. The summed E-state index contributed by atoms with van der Waals surface area (Å²) in [7, 11) is 0. The van der Waals surface area contributed by atoms with Gasteiger partial charge in [-0.05, 0) is 71.2 Å². The van der Waals surface area contributed by atoms with E-state index in [1.54, 1.807) is 0 Å². The monoisotopic (exact) mass is 484 g/mol. The second kappa shape index (κ2) is 8.39. The molecule has 0 heterocycles. The Bertz CT molecular complexity index is 478. The molecular formula is C14H19Br3N2O2. The first kappa shape index (κ1) is 18.8. The number of rotatable bonds is 5. The van der Waals surface area contributed by atoms with Crippen LogP contribution in [0.5, 0.6) is 0 Å². The Hall–Kier alpha value is -0.270. The smallest absolute Gasteiger partial charge is 0.407 e. The van der Waals surface area contributed by atoms with Gasteiger partial charge in [0.15, 0.2) is 0 Å². The molecule has 0 aliphatic rings. The van der Waals surface area contributed by atoms with Crippen LogP contribution in [0.4, 0.5) is 10.5 Å². The van der Waals surface area contributed by atoms with Crippen molar-refractivity contribution in [1.82, 2.24) is 5.32 Å². The van der Waals surface area contributed by atoms with Gasteiger partial charge in [-0.15, -0.1) is 0 Å². The lowest BCUT2D eigenvalue weighted by Gasteiger charge is -2.19. The normalized spacial score (nSPS) is 11.1. The van der Waals surface area contributed by atoms with Crippen LogP contribution in [0.1, 0.15) is 27.2 Å². The number of nitrogens with one attached hydrogen (secondary N) is 2. The average Bonchev–Trinajstić information content (AvgIpc) is 2.29. The predicted octanol–water partition coefficient (Wildman–Crippen LogP) is 5.30. The first-order valence-electron chi connectivity index (χ1n) is 6.54. The van der Waals surface area contributed by atoms with Crippen LogP contribution in [0.3, 0.4) is 0 Å². The van der Waals surface area contributed by atoms with Crippen molar-refractivity contribution < 1.29 is 9.53 Å². The number of hydrogen-bond acceptors (Lipinski definition) is 3. The van der Waals surface area contributed by atoms with Crippen LogP contribution in [0, 0.1) is 0 Å². The molecule has 118 valence electrons. The maximum atomic E-state index is 11.5. The van der Waals surface area contributed by atoms with Crippen molar-refractivity contribution >= 4 is 59.6 Å². The number of anilines is 1. The molecule has 0 radical (unpaired) electrons. The van der Waals surface area contributed by atoms with E-state index >= 15 is 0 Å². The number of carbonyl (C=O) groups excluding carboxylic acids is 1.